The van der Waals surface area contributed by atoms with E-state index in [4.69, 9.17) is 5.26 Å². The van der Waals surface area contributed by atoms with Crippen LogP contribution in [-0.4, -0.2) is 41.0 Å². The highest BCUT2D eigenvalue weighted by Gasteiger charge is 2.65. The maximum atomic E-state index is 13.1. The van der Waals surface area contributed by atoms with Crippen LogP contribution in [0.3, 0.4) is 0 Å². The van der Waals surface area contributed by atoms with E-state index in [2.05, 4.69) is 11.4 Å². The molecule has 1 aliphatic heterocycles. The van der Waals surface area contributed by atoms with Crippen LogP contribution in [-0.2, 0) is 11.3 Å². The van der Waals surface area contributed by atoms with E-state index in [1.807, 2.05) is 24.1 Å². The highest BCUT2D eigenvalue weighted by atomic mass is 16.2. The molecule has 0 atom stereocenters. The Bertz CT molecular complexity index is 732. The third kappa shape index (κ3) is 2.79. The number of nitrogens with zero attached hydrogens (tertiary/aromatic N) is 3. The standard InChI is InChI=1S/C19H22N4O2/c1-22(11-14-4-2-13(10-20)3-5-14)12-23-17(24)19(15-6-7-15,16-8-9-16)21-18(23)25/h2-5,15-16H,6-9,11-12H2,1H3,(H,21,25). The average molecular weight is 338 g/mol. The van der Waals surface area contributed by atoms with Gasteiger partial charge in [0.25, 0.3) is 5.91 Å². The van der Waals surface area contributed by atoms with Gasteiger partial charge in [0.2, 0.25) is 0 Å². The van der Waals surface area contributed by atoms with Crippen LogP contribution in [0.1, 0.15) is 36.8 Å². The van der Waals surface area contributed by atoms with Crippen LogP contribution in [0.15, 0.2) is 24.3 Å². The van der Waals surface area contributed by atoms with Gasteiger partial charge >= 0.3 is 6.03 Å². The number of amides is 3. The van der Waals surface area contributed by atoms with Crippen molar-refractivity contribution < 1.29 is 9.59 Å². The van der Waals surface area contributed by atoms with Crippen LogP contribution in [0.5, 0.6) is 0 Å². The number of benzene rings is 1. The van der Waals surface area contributed by atoms with Crippen molar-refractivity contribution in [3.63, 3.8) is 0 Å². The fourth-order valence-electron chi connectivity index (χ4n) is 3.99. The Morgan fingerprint density at radius 3 is 2.32 bits per heavy atom. The van der Waals surface area contributed by atoms with Crippen molar-refractivity contribution in [3.05, 3.63) is 35.4 Å². The molecule has 0 unspecified atom stereocenters. The Labute approximate surface area is 147 Å². The lowest BCUT2D eigenvalue weighted by atomic mass is 9.87. The SMILES string of the molecule is CN(Cc1ccc(C#N)cc1)CN1C(=O)NC(C2CC2)(C2CC2)C1=O. The summed E-state index contributed by atoms with van der Waals surface area (Å²) in [5.74, 6) is 0.616. The Hall–Kier alpha value is -2.39. The number of imide groups is 1. The zero-order chi connectivity index (χ0) is 17.6. The van der Waals surface area contributed by atoms with Gasteiger partial charge in [0.15, 0.2) is 0 Å². The normalized spacial score (nSPS) is 22.2. The fraction of sp³-hybridized carbons (Fsp3) is 0.526. The van der Waals surface area contributed by atoms with E-state index in [1.165, 1.54) is 4.90 Å². The van der Waals surface area contributed by atoms with Crippen molar-refractivity contribution in [1.29, 1.82) is 5.26 Å². The number of hydrogen-bond donors (Lipinski definition) is 1. The molecular weight excluding hydrogens is 316 g/mol. The van der Waals surface area contributed by atoms with Crippen molar-refractivity contribution in [3.8, 4) is 6.07 Å². The second-order valence-electron chi connectivity index (χ2n) is 7.55. The summed E-state index contributed by atoms with van der Waals surface area (Å²) in [5.41, 5.74) is 1.05. The molecular formula is C19H22N4O2. The van der Waals surface area contributed by atoms with Crippen LogP contribution in [0.4, 0.5) is 4.79 Å². The van der Waals surface area contributed by atoms with E-state index in [9.17, 15) is 9.59 Å². The lowest BCUT2D eigenvalue weighted by molar-refractivity contribution is -0.134. The summed E-state index contributed by atoms with van der Waals surface area (Å²) in [6.45, 7) is 0.897. The number of carbonyl (C=O) groups excluding carboxylic acids is 2. The molecule has 1 saturated heterocycles. The van der Waals surface area contributed by atoms with Crippen LogP contribution in [0, 0.1) is 23.2 Å². The van der Waals surface area contributed by atoms with Crippen LogP contribution in [0.25, 0.3) is 0 Å². The summed E-state index contributed by atoms with van der Waals surface area (Å²) in [6, 6.07) is 9.21. The molecule has 6 nitrogen and oxygen atoms in total. The van der Waals surface area contributed by atoms with Crippen LogP contribution < -0.4 is 5.32 Å². The highest BCUT2D eigenvalue weighted by Crippen LogP contribution is 2.54. The summed E-state index contributed by atoms with van der Waals surface area (Å²) in [4.78, 5) is 28.8. The predicted molar refractivity (Wildman–Crippen MR) is 91.0 cm³/mol. The summed E-state index contributed by atoms with van der Waals surface area (Å²) < 4.78 is 0. The molecule has 1 heterocycles. The lowest BCUT2D eigenvalue weighted by Gasteiger charge is -2.27. The maximum Gasteiger partial charge on any atom is 0.326 e. The first-order valence-electron chi connectivity index (χ1n) is 8.86. The summed E-state index contributed by atoms with van der Waals surface area (Å²) in [6.07, 6.45) is 4.16. The van der Waals surface area contributed by atoms with Crippen molar-refractivity contribution in [1.82, 2.24) is 15.1 Å². The van der Waals surface area contributed by atoms with Gasteiger partial charge in [0.1, 0.15) is 5.54 Å². The molecule has 0 spiro atoms. The van der Waals surface area contributed by atoms with Gasteiger partial charge in [-0.25, -0.2) is 9.69 Å². The minimum Gasteiger partial charge on any atom is -0.322 e. The molecule has 1 aromatic carbocycles. The van der Waals surface area contributed by atoms with E-state index in [-0.39, 0.29) is 18.6 Å². The van der Waals surface area contributed by atoms with Gasteiger partial charge in [-0.3, -0.25) is 9.69 Å². The van der Waals surface area contributed by atoms with Gasteiger partial charge in [-0.15, -0.1) is 0 Å². The topological polar surface area (TPSA) is 76.4 Å². The first-order valence-corrected chi connectivity index (χ1v) is 8.86. The Kier molecular flexibility index (Phi) is 3.77. The van der Waals surface area contributed by atoms with Crippen molar-refractivity contribution in [2.24, 2.45) is 11.8 Å². The van der Waals surface area contributed by atoms with Crippen LogP contribution >= 0.6 is 0 Å². The first-order chi connectivity index (χ1) is 12.0. The molecule has 6 heteroatoms. The molecule has 1 N–H and O–H groups in total. The monoisotopic (exact) mass is 338 g/mol. The molecule has 0 bridgehead atoms. The molecule has 25 heavy (non-hydrogen) atoms. The molecule has 3 fully saturated rings. The molecule has 0 aromatic heterocycles. The molecule has 3 aliphatic rings. The fourth-order valence-corrected chi connectivity index (χ4v) is 3.99. The number of carbonyl (C=O) groups is 2. The van der Waals surface area contributed by atoms with Crippen LogP contribution in [0.2, 0.25) is 0 Å². The smallest absolute Gasteiger partial charge is 0.322 e. The average Bonchev–Trinajstić information content (AvgIpc) is 3.49. The minimum absolute atomic E-state index is 0.0332. The second kappa shape index (κ2) is 5.85. The number of hydrogen-bond acceptors (Lipinski definition) is 4. The molecule has 0 radical (unpaired) electrons. The predicted octanol–water partition coefficient (Wildman–Crippen LogP) is 2.06. The molecule has 2 aliphatic carbocycles. The molecule has 130 valence electrons. The van der Waals surface area contributed by atoms with E-state index in [0.29, 0.717) is 23.9 Å². The van der Waals surface area contributed by atoms with Crippen molar-refractivity contribution in [2.45, 2.75) is 37.8 Å². The Balaban J connectivity index is 1.44. The van der Waals surface area contributed by atoms with Crippen molar-refractivity contribution in [2.75, 3.05) is 13.7 Å². The number of nitrogens with one attached hydrogen (secondary N) is 1. The van der Waals surface area contributed by atoms with Gasteiger partial charge in [-0.1, -0.05) is 12.1 Å². The number of urea groups is 1. The molecule has 1 aromatic rings. The minimum atomic E-state index is -0.619. The van der Waals surface area contributed by atoms with Gasteiger partial charge in [-0.05, 0) is 62.3 Å². The third-order valence-corrected chi connectivity index (χ3v) is 5.52. The molecule has 4 rings (SSSR count). The second-order valence-corrected chi connectivity index (χ2v) is 7.55. The van der Waals surface area contributed by atoms with Gasteiger partial charge in [0, 0.05) is 6.54 Å². The first kappa shape index (κ1) is 16.1. The van der Waals surface area contributed by atoms with E-state index in [0.717, 1.165) is 31.2 Å². The number of nitriles is 1. The largest absolute Gasteiger partial charge is 0.326 e. The van der Waals surface area contributed by atoms with E-state index >= 15 is 0 Å². The Morgan fingerprint density at radius 2 is 1.80 bits per heavy atom. The summed E-state index contributed by atoms with van der Waals surface area (Å²) in [5, 5.41) is 11.9. The Morgan fingerprint density at radius 1 is 1.20 bits per heavy atom. The summed E-state index contributed by atoms with van der Waals surface area (Å²) >= 11 is 0. The quantitative estimate of drug-likeness (QED) is 0.806. The molecule has 2 saturated carbocycles. The third-order valence-electron chi connectivity index (χ3n) is 5.52. The maximum absolute atomic E-state index is 13.1. The number of rotatable bonds is 6. The highest BCUT2D eigenvalue weighted by molar-refractivity contribution is 6.07. The van der Waals surface area contributed by atoms with Gasteiger partial charge < -0.3 is 5.32 Å². The van der Waals surface area contributed by atoms with Gasteiger partial charge in [0.05, 0.1) is 18.3 Å². The molecule has 3 amide bonds. The zero-order valence-corrected chi connectivity index (χ0v) is 14.4. The van der Waals surface area contributed by atoms with Crippen molar-refractivity contribution >= 4 is 11.9 Å². The summed E-state index contributed by atoms with van der Waals surface area (Å²) in [7, 11) is 1.90. The lowest BCUT2D eigenvalue weighted by Crippen LogP contribution is -2.51. The van der Waals surface area contributed by atoms with E-state index < -0.39 is 5.54 Å². The zero-order valence-electron chi connectivity index (χ0n) is 14.4. The van der Waals surface area contributed by atoms with E-state index in [1.54, 1.807) is 12.1 Å². The van der Waals surface area contributed by atoms with Gasteiger partial charge in [-0.2, -0.15) is 5.26 Å².